The lowest BCUT2D eigenvalue weighted by Crippen LogP contribution is -2.48. The van der Waals surface area contributed by atoms with Crippen LogP contribution in [0.3, 0.4) is 0 Å². The molecular weight excluding hydrogens is 404 g/mol. The van der Waals surface area contributed by atoms with Gasteiger partial charge < -0.3 is 0 Å². The molecule has 0 bridgehead atoms. The van der Waals surface area contributed by atoms with E-state index < -0.39 is 0 Å². The van der Waals surface area contributed by atoms with Crippen molar-refractivity contribution in [3.05, 3.63) is 69.7 Å². The number of aryl methyl sites for hydroxylation is 1. The van der Waals surface area contributed by atoms with E-state index in [0.717, 1.165) is 42.8 Å². The minimum atomic E-state index is -0.0784. The summed E-state index contributed by atoms with van der Waals surface area (Å²) in [6.45, 7) is 7.20. The molecule has 1 heterocycles. The molecule has 27 heavy (non-hydrogen) atoms. The van der Waals surface area contributed by atoms with Crippen molar-refractivity contribution >= 4 is 28.1 Å². The van der Waals surface area contributed by atoms with E-state index in [1.807, 2.05) is 24.3 Å². The maximum atomic E-state index is 12.1. The first kappa shape index (κ1) is 19.7. The van der Waals surface area contributed by atoms with E-state index in [9.17, 15) is 4.79 Å². The first-order chi connectivity index (χ1) is 13.1. The van der Waals surface area contributed by atoms with Crippen LogP contribution in [0.15, 0.2) is 58.1 Å². The second-order valence-electron chi connectivity index (χ2n) is 6.85. The molecule has 5 nitrogen and oxygen atoms in total. The van der Waals surface area contributed by atoms with Crippen molar-refractivity contribution in [2.75, 3.05) is 32.7 Å². The Bertz CT molecular complexity index is 783. The van der Waals surface area contributed by atoms with Crippen LogP contribution in [0, 0.1) is 6.92 Å². The molecule has 1 aliphatic heterocycles. The van der Waals surface area contributed by atoms with E-state index in [1.165, 1.54) is 11.1 Å². The fourth-order valence-corrected chi connectivity index (χ4v) is 3.44. The number of piperazine rings is 1. The predicted octanol–water partition coefficient (Wildman–Crippen LogP) is 3.03. The van der Waals surface area contributed by atoms with Crippen molar-refractivity contribution < 1.29 is 4.79 Å². The van der Waals surface area contributed by atoms with Crippen LogP contribution in [0.2, 0.25) is 0 Å². The summed E-state index contributed by atoms with van der Waals surface area (Å²) < 4.78 is 0.952. The van der Waals surface area contributed by atoms with Gasteiger partial charge in [-0.2, -0.15) is 5.10 Å². The van der Waals surface area contributed by atoms with Gasteiger partial charge in [0.1, 0.15) is 0 Å². The molecule has 0 aliphatic carbocycles. The third-order valence-corrected chi connectivity index (χ3v) is 5.38. The summed E-state index contributed by atoms with van der Waals surface area (Å²) in [7, 11) is 0. The van der Waals surface area contributed by atoms with Gasteiger partial charge in [0, 0.05) is 42.8 Å². The van der Waals surface area contributed by atoms with Crippen molar-refractivity contribution in [2.45, 2.75) is 13.5 Å². The van der Waals surface area contributed by atoms with Crippen molar-refractivity contribution in [1.29, 1.82) is 0 Å². The fourth-order valence-electron chi connectivity index (χ4n) is 3.05. The fraction of sp³-hybridized carbons (Fsp3) is 0.333. The molecule has 0 radical (unpaired) electrons. The number of hydrogen-bond donors (Lipinski definition) is 1. The molecule has 142 valence electrons. The number of rotatable bonds is 6. The summed E-state index contributed by atoms with van der Waals surface area (Å²) in [5.74, 6) is -0.0784. The van der Waals surface area contributed by atoms with Gasteiger partial charge in [0.25, 0.3) is 5.91 Å². The van der Waals surface area contributed by atoms with Gasteiger partial charge in [0.05, 0.1) is 12.8 Å². The number of amides is 1. The Morgan fingerprint density at radius 2 is 1.74 bits per heavy atom. The first-order valence-electron chi connectivity index (χ1n) is 9.17. The highest BCUT2D eigenvalue weighted by Crippen LogP contribution is 2.13. The lowest BCUT2D eigenvalue weighted by molar-refractivity contribution is -0.122. The second-order valence-corrected chi connectivity index (χ2v) is 7.71. The van der Waals surface area contributed by atoms with Crippen molar-refractivity contribution in [2.24, 2.45) is 5.10 Å². The molecule has 1 amide bonds. The number of hydrazone groups is 1. The van der Waals surface area contributed by atoms with Gasteiger partial charge >= 0.3 is 0 Å². The largest absolute Gasteiger partial charge is 0.297 e. The van der Waals surface area contributed by atoms with E-state index in [2.05, 4.69) is 67.4 Å². The summed E-state index contributed by atoms with van der Waals surface area (Å²) in [6, 6.07) is 16.5. The Morgan fingerprint density at radius 3 is 2.44 bits per heavy atom. The van der Waals surface area contributed by atoms with Crippen LogP contribution in [0.4, 0.5) is 0 Å². The SMILES string of the molecule is Cc1ccc(CN2CCN(CC(=O)N/N=C\c3ccccc3Br)CC2)cc1. The van der Waals surface area contributed by atoms with E-state index in [-0.39, 0.29) is 5.91 Å². The third kappa shape index (κ3) is 6.27. The molecule has 1 aliphatic rings. The maximum absolute atomic E-state index is 12.1. The van der Waals surface area contributed by atoms with Crippen LogP contribution in [0.25, 0.3) is 0 Å². The van der Waals surface area contributed by atoms with Gasteiger partial charge in [-0.3, -0.25) is 14.6 Å². The Hall–Kier alpha value is -2.02. The number of hydrogen-bond acceptors (Lipinski definition) is 4. The highest BCUT2D eigenvalue weighted by atomic mass is 79.9. The molecule has 0 atom stereocenters. The normalized spacial score (nSPS) is 15.9. The van der Waals surface area contributed by atoms with Gasteiger partial charge in [0.15, 0.2) is 0 Å². The summed E-state index contributed by atoms with van der Waals surface area (Å²) in [5, 5.41) is 4.05. The summed E-state index contributed by atoms with van der Waals surface area (Å²) in [5.41, 5.74) is 6.18. The Morgan fingerprint density at radius 1 is 1.07 bits per heavy atom. The van der Waals surface area contributed by atoms with Gasteiger partial charge in [0.2, 0.25) is 0 Å². The van der Waals surface area contributed by atoms with Crippen LogP contribution in [-0.2, 0) is 11.3 Å². The van der Waals surface area contributed by atoms with Crippen LogP contribution in [-0.4, -0.2) is 54.6 Å². The molecule has 1 fully saturated rings. The molecule has 6 heteroatoms. The number of nitrogens with one attached hydrogen (secondary N) is 1. The van der Waals surface area contributed by atoms with Crippen LogP contribution >= 0.6 is 15.9 Å². The standard InChI is InChI=1S/C21H25BrN4O/c1-17-6-8-18(9-7-17)15-25-10-12-26(13-11-25)16-21(27)24-23-14-19-4-2-3-5-20(19)22/h2-9,14H,10-13,15-16H2,1H3,(H,24,27)/b23-14-. The van der Waals surface area contributed by atoms with E-state index in [0.29, 0.717) is 6.54 Å². The maximum Gasteiger partial charge on any atom is 0.254 e. The topological polar surface area (TPSA) is 47.9 Å². The van der Waals surface area contributed by atoms with Crippen molar-refractivity contribution in [3.8, 4) is 0 Å². The van der Waals surface area contributed by atoms with Gasteiger partial charge in [-0.1, -0.05) is 64.0 Å². The molecule has 0 unspecified atom stereocenters. The highest BCUT2D eigenvalue weighted by Gasteiger charge is 2.18. The van der Waals surface area contributed by atoms with E-state index in [1.54, 1.807) is 6.21 Å². The number of nitrogens with zero attached hydrogens (tertiary/aromatic N) is 3. The quantitative estimate of drug-likeness (QED) is 0.568. The number of halogens is 1. The number of carbonyl (C=O) groups excluding carboxylic acids is 1. The zero-order chi connectivity index (χ0) is 19.1. The first-order valence-corrected chi connectivity index (χ1v) is 9.96. The molecule has 2 aromatic carbocycles. The van der Waals surface area contributed by atoms with Crippen molar-refractivity contribution in [1.82, 2.24) is 15.2 Å². The monoisotopic (exact) mass is 428 g/mol. The molecule has 0 aromatic heterocycles. The predicted molar refractivity (Wildman–Crippen MR) is 113 cm³/mol. The second kappa shape index (κ2) is 9.78. The Labute approximate surface area is 169 Å². The van der Waals surface area contributed by atoms with Crippen LogP contribution < -0.4 is 5.43 Å². The lowest BCUT2D eigenvalue weighted by atomic mass is 10.1. The van der Waals surface area contributed by atoms with Gasteiger partial charge in [-0.15, -0.1) is 0 Å². The Balaban J connectivity index is 1.39. The third-order valence-electron chi connectivity index (χ3n) is 4.66. The highest BCUT2D eigenvalue weighted by molar-refractivity contribution is 9.10. The summed E-state index contributed by atoms with van der Waals surface area (Å²) >= 11 is 3.46. The molecule has 0 saturated carbocycles. The van der Waals surface area contributed by atoms with E-state index >= 15 is 0 Å². The number of carbonyl (C=O) groups is 1. The van der Waals surface area contributed by atoms with Crippen LogP contribution in [0.1, 0.15) is 16.7 Å². The van der Waals surface area contributed by atoms with Crippen LogP contribution in [0.5, 0.6) is 0 Å². The molecular formula is C21H25BrN4O. The molecule has 2 aromatic rings. The minimum Gasteiger partial charge on any atom is -0.297 e. The summed E-state index contributed by atoms with van der Waals surface area (Å²) in [6.07, 6.45) is 1.65. The molecule has 0 spiro atoms. The molecule has 3 rings (SSSR count). The van der Waals surface area contributed by atoms with Crippen molar-refractivity contribution in [3.63, 3.8) is 0 Å². The van der Waals surface area contributed by atoms with Gasteiger partial charge in [-0.25, -0.2) is 5.43 Å². The Kier molecular flexibility index (Phi) is 7.15. The average molecular weight is 429 g/mol. The number of benzene rings is 2. The lowest BCUT2D eigenvalue weighted by Gasteiger charge is -2.34. The van der Waals surface area contributed by atoms with Gasteiger partial charge in [-0.05, 0) is 18.6 Å². The molecule has 1 N–H and O–H groups in total. The zero-order valence-corrected chi connectivity index (χ0v) is 17.2. The smallest absolute Gasteiger partial charge is 0.254 e. The van der Waals surface area contributed by atoms with E-state index in [4.69, 9.17) is 0 Å². The average Bonchev–Trinajstić information content (AvgIpc) is 2.67. The minimum absolute atomic E-state index is 0.0784. The summed E-state index contributed by atoms with van der Waals surface area (Å²) in [4.78, 5) is 16.7. The molecule has 1 saturated heterocycles. The zero-order valence-electron chi connectivity index (χ0n) is 15.6.